The SMILES string of the molecule is COc1cc(C(NN)C2CCCC(C)C2)cc(Cl)c1OC. The van der Waals surface area contributed by atoms with Gasteiger partial charge in [-0.1, -0.05) is 31.4 Å². The first-order chi connectivity index (χ1) is 10.1. The van der Waals surface area contributed by atoms with Crippen molar-refractivity contribution >= 4 is 11.6 Å². The second-order valence-electron chi connectivity index (χ2n) is 5.91. The standard InChI is InChI=1S/C16H25ClN2O2/c1-10-5-4-6-11(7-10)15(19-18)12-8-13(17)16(21-3)14(9-12)20-2/h8-11,15,19H,4-7,18H2,1-3H3. The maximum atomic E-state index is 6.31. The van der Waals surface area contributed by atoms with Gasteiger partial charge in [-0.15, -0.1) is 0 Å². The van der Waals surface area contributed by atoms with Crippen LogP contribution in [-0.4, -0.2) is 14.2 Å². The van der Waals surface area contributed by atoms with Gasteiger partial charge in [-0.05, 0) is 42.4 Å². The number of benzene rings is 1. The molecule has 1 saturated carbocycles. The molecule has 3 N–H and O–H groups in total. The minimum Gasteiger partial charge on any atom is -0.493 e. The highest BCUT2D eigenvalue weighted by Gasteiger charge is 2.28. The summed E-state index contributed by atoms with van der Waals surface area (Å²) >= 11 is 6.31. The van der Waals surface area contributed by atoms with E-state index in [1.165, 1.54) is 25.7 Å². The van der Waals surface area contributed by atoms with Gasteiger partial charge in [-0.2, -0.15) is 0 Å². The molecule has 0 heterocycles. The van der Waals surface area contributed by atoms with Crippen molar-refractivity contribution < 1.29 is 9.47 Å². The van der Waals surface area contributed by atoms with Crippen LogP contribution < -0.4 is 20.7 Å². The molecular weight excluding hydrogens is 288 g/mol. The topological polar surface area (TPSA) is 56.5 Å². The van der Waals surface area contributed by atoms with Crippen molar-refractivity contribution in [3.05, 3.63) is 22.7 Å². The third-order valence-electron chi connectivity index (χ3n) is 4.44. The fourth-order valence-electron chi connectivity index (χ4n) is 3.41. The van der Waals surface area contributed by atoms with E-state index in [-0.39, 0.29) is 6.04 Å². The van der Waals surface area contributed by atoms with E-state index in [1.807, 2.05) is 12.1 Å². The van der Waals surface area contributed by atoms with Gasteiger partial charge in [-0.3, -0.25) is 11.3 Å². The van der Waals surface area contributed by atoms with Gasteiger partial charge in [0.05, 0.1) is 19.2 Å². The van der Waals surface area contributed by atoms with E-state index in [0.717, 1.165) is 11.5 Å². The van der Waals surface area contributed by atoms with Crippen molar-refractivity contribution in [1.29, 1.82) is 0 Å². The third kappa shape index (κ3) is 3.62. The molecule has 0 aromatic heterocycles. The predicted molar refractivity (Wildman–Crippen MR) is 85.7 cm³/mol. The van der Waals surface area contributed by atoms with Gasteiger partial charge in [0.15, 0.2) is 11.5 Å². The van der Waals surface area contributed by atoms with Crippen molar-refractivity contribution in [1.82, 2.24) is 5.43 Å². The molecular formula is C16H25ClN2O2. The molecule has 0 bridgehead atoms. The van der Waals surface area contributed by atoms with Crippen molar-refractivity contribution in [2.24, 2.45) is 17.7 Å². The molecule has 21 heavy (non-hydrogen) atoms. The molecule has 1 aromatic rings. The molecule has 0 aliphatic heterocycles. The number of halogens is 1. The highest BCUT2D eigenvalue weighted by atomic mass is 35.5. The number of hydrogen-bond donors (Lipinski definition) is 2. The Kier molecular flexibility index (Phi) is 5.73. The zero-order valence-electron chi connectivity index (χ0n) is 13.0. The van der Waals surface area contributed by atoms with Crippen LogP contribution in [0.1, 0.15) is 44.2 Å². The van der Waals surface area contributed by atoms with E-state index in [2.05, 4.69) is 12.3 Å². The maximum absolute atomic E-state index is 6.31. The van der Waals surface area contributed by atoms with Crippen LogP contribution in [0.3, 0.4) is 0 Å². The summed E-state index contributed by atoms with van der Waals surface area (Å²) in [4.78, 5) is 0. The van der Waals surface area contributed by atoms with Gasteiger partial charge in [0.25, 0.3) is 0 Å². The van der Waals surface area contributed by atoms with Crippen molar-refractivity contribution in [2.45, 2.75) is 38.6 Å². The summed E-state index contributed by atoms with van der Waals surface area (Å²) in [6.07, 6.45) is 4.93. The summed E-state index contributed by atoms with van der Waals surface area (Å²) in [6, 6.07) is 3.98. The molecule has 1 aliphatic carbocycles. The number of nitrogens with one attached hydrogen (secondary N) is 1. The molecule has 0 spiro atoms. The third-order valence-corrected chi connectivity index (χ3v) is 4.72. The van der Waals surface area contributed by atoms with Gasteiger partial charge >= 0.3 is 0 Å². The Morgan fingerprint density at radius 1 is 1.29 bits per heavy atom. The summed E-state index contributed by atoms with van der Waals surface area (Å²) in [5, 5.41) is 0.552. The van der Waals surface area contributed by atoms with E-state index >= 15 is 0 Å². The Balaban J connectivity index is 2.31. The lowest BCUT2D eigenvalue weighted by atomic mass is 9.77. The Bertz CT molecular complexity index is 482. The summed E-state index contributed by atoms with van der Waals surface area (Å²) < 4.78 is 10.7. The molecule has 1 aromatic carbocycles. The Labute approximate surface area is 131 Å². The summed E-state index contributed by atoms with van der Waals surface area (Å²) in [7, 11) is 3.20. The minimum absolute atomic E-state index is 0.0880. The lowest BCUT2D eigenvalue weighted by Gasteiger charge is -2.33. The Morgan fingerprint density at radius 2 is 2.05 bits per heavy atom. The molecule has 3 unspecified atom stereocenters. The van der Waals surface area contributed by atoms with Crippen molar-refractivity contribution in [3.8, 4) is 11.5 Å². The molecule has 3 atom stereocenters. The molecule has 4 nitrogen and oxygen atoms in total. The summed E-state index contributed by atoms with van der Waals surface area (Å²) in [5.41, 5.74) is 4.02. The summed E-state index contributed by atoms with van der Waals surface area (Å²) in [5.74, 6) is 8.30. The van der Waals surface area contributed by atoms with Crippen LogP contribution in [0.25, 0.3) is 0 Å². The first-order valence-electron chi connectivity index (χ1n) is 7.48. The molecule has 0 amide bonds. The van der Waals surface area contributed by atoms with Crippen LogP contribution in [0.5, 0.6) is 11.5 Å². The van der Waals surface area contributed by atoms with E-state index in [1.54, 1.807) is 14.2 Å². The number of ether oxygens (including phenoxy) is 2. The van der Waals surface area contributed by atoms with Gasteiger partial charge in [-0.25, -0.2) is 0 Å². The van der Waals surface area contributed by atoms with Crippen LogP contribution in [0.15, 0.2) is 12.1 Å². The average molecular weight is 313 g/mol. The second-order valence-corrected chi connectivity index (χ2v) is 6.32. The second kappa shape index (κ2) is 7.34. The smallest absolute Gasteiger partial charge is 0.179 e. The number of hydrogen-bond acceptors (Lipinski definition) is 4. The number of nitrogens with two attached hydrogens (primary N) is 1. The van der Waals surface area contributed by atoms with Crippen LogP contribution in [0.2, 0.25) is 5.02 Å². The van der Waals surface area contributed by atoms with Crippen molar-refractivity contribution in [3.63, 3.8) is 0 Å². The molecule has 5 heteroatoms. The number of hydrazine groups is 1. The number of rotatable bonds is 5. The normalized spacial score (nSPS) is 23.7. The van der Waals surface area contributed by atoms with Gasteiger partial charge in [0.1, 0.15) is 0 Å². The van der Waals surface area contributed by atoms with Crippen LogP contribution >= 0.6 is 11.6 Å². The molecule has 118 valence electrons. The molecule has 2 rings (SSSR count). The molecule has 1 fully saturated rings. The van der Waals surface area contributed by atoms with Gasteiger partial charge in [0.2, 0.25) is 0 Å². The largest absolute Gasteiger partial charge is 0.493 e. The predicted octanol–water partition coefficient (Wildman–Crippen LogP) is 3.69. The van der Waals surface area contributed by atoms with E-state index < -0.39 is 0 Å². The summed E-state index contributed by atoms with van der Waals surface area (Å²) in [6.45, 7) is 2.31. The van der Waals surface area contributed by atoms with Crippen LogP contribution in [0.4, 0.5) is 0 Å². The first-order valence-corrected chi connectivity index (χ1v) is 7.86. The van der Waals surface area contributed by atoms with Gasteiger partial charge < -0.3 is 9.47 Å². The lowest BCUT2D eigenvalue weighted by Crippen LogP contribution is -2.35. The molecule has 1 aliphatic rings. The maximum Gasteiger partial charge on any atom is 0.179 e. The average Bonchev–Trinajstić information content (AvgIpc) is 2.47. The quantitative estimate of drug-likeness (QED) is 0.643. The zero-order valence-corrected chi connectivity index (χ0v) is 13.7. The highest BCUT2D eigenvalue weighted by molar-refractivity contribution is 6.32. The number of methoxy groups -OCH3 is 2. The monoisotopic (exact) mass is 312 g/mol. The fourth-order valence-corrected chi connectivity index (χ4v) is 3.70. The first kappa shape index (κ1) is 16.4. The van der Waals surface area contributed by atoms with Crippen LogP contribution in [-0.2, 0) is 0 Å². The van der Waals surface area contributed by atoms with Crippen LogP contribution in [0, 0.1) is 11.8 Å². The molecule has 0 radical (unpaired) electrons. The van der Waals surface area contributed by atoms with E-state index in [0.29, 0.717) is 22.4 Å². The lowest BCUT2D eigenvalue weighted by molar-refractivity contribution is 0.224. The van der Waals surface area contributed by atoms with E-state index in [4.69, 9.17) is 26.9 Å². The minimum atomic E-state index is 0.0880. The molecule has 0 saturated heterocycles. The zero-order chi connectivity index (χ0) is 15.4. The Morgan fingerprint density at radius 3 is 2.62 bits per heavy atom. The van der Waals surface area contributed by atoms with Crippen molar-refractivity contribution in [2.75, 3.05) is 14.2 Å². The van der Waals surface area contributed by atoms with Gasteiger partial charge in [0, 0.05) is 6.04 Å². The Hall–Kier alpha value is -0.970. The van der Waals surface area contributed by atoms with E-state index in [9.17, 15) is 0 Å². The fraction of sp³-hybridized carbons (Fsp3) is 0.625. The highest BCUT2D eigenvalue weighted by Crippen LogP contribution is 2.42.